The Morgan fingerprint density at radius 1 is 1.06 bits per heavy atom. The van der Waals surface area contributed by atoms with Crippen LogP contribution in [0.5, 0.6) is 0 Å². The summed E-state index contributed by atoms with van der Waals surface area (Å²) in [4.78, 5) is 28.2. The van der Waals surface area contributed by atoms with Crippen LogP contribution >= 0.6 is 0 Å². The lowest BCUT2D eigenvalue weighted by atomic mass is 9.83. The average molecular weight is 417 g/mol. The van der Waals surface area contributed by atoms with E-state index in [0.29, 0.717) is 42.7 Å². The minimum Gasteiger partial charge on any atom is -0.335 e. The fraction of sp³-hybridized carbons (Fsp3) is 0.480. The molecule has 2 amide bonds. The Balaban J connectivity index is 1.38. The highest BCUT2D eigenvalue weighted by Gasteiger charge is 2.37. The van der Waals surface area contributed by atoms with Crippen LogP contribution in [0, 0.1) is 17.2 Å². The lowest BCUT2D eigenvalue weighted by Crippen LogP contribution is -2.53. The van der Waals surface area contributed by atoms with Crippen molar-refractivity contribution < 1.29 is 4.79 Å². The van der Waals surface area contributed by atoms with Crippen molar-refractivity contribution in [1.82, 2.24) is 14.8 Å². The Morgan fingerprint density at radius 3 is 2.71 bits per heavy atom. The third-order valence-electron chi connectivity index (χ3n) is 7.13. The molecule has 2 aromatic rings. The molecular weight excluding hydrogens is 388 g/mol. The van der Waals surface area contributed by atoms with Gasteiger partial charge in [-0.3, -0.25) is 4.79 Å². The number of aromatic nitrogens is 1. The Morgan fingerprint density at radius 2 is 1.90 bits per heavy atom. The Hall–Kier alpha value is -3.07. The zero-order valence-corrected chi connectivity index (χ0v) is 17.7. The van der Waals surface area contributed by atoms with Crippen molar-refractivity contribution in [2.75, 3.05) is 13.1 Å². The molecule has 2 unspecified atom stereocenters. The molecule has 1 aromatic carbocycles. The quantitative estimate of drug-likeness (QED) is 0.808. The van der Waals surface area contributed by atoms with Crippen molar-refractivity contribution in [2.24, 2.45) is 5.92 Å². The summed E-state index contributed by atoms with van der Waals surface area (Å²) in [5.41, 5.74) is 2.99. The van der Waals surface area contributed by atoms with Gasteiger partial charge in [0, 0.05) is 42.9 Å². The molecule has 2 bridgehead atoms. The number of benzene rings is 1. The number of urea groups is 1. The van der Waals surface area contributed by atoms with Gasteiger partial charge in [0.15, 0.2) is 0 Å². The van der Waals surface area contributed by atoms with Crippen molar-refractivity contribution in [3.8, 4) is 17.2 Å². The van der Waals surface area contributed by atoms with Gasteiger partial charge in [-0.1, -0.05) is 31.4 Å². The second kappa shape index (κ2) is 8.22. The zero-order chi connectivity index (χ0) is 21.4. The first-order chi connectivity index (χ1) is 15.1. The van der Waals surface area contributed by atoms with Gasteiger partial charge in [-0.2, -0.15) is 5.26 Å². The highest BCUT2D eigenvalue weighted by Crippen LogP contribution is 2.36. The number of nitrogens with one attached hydrogen (secondary N) is 1. The number of carbonyl (C=O) groups is 1. The molecule has 3 aliphatic rings. The number of carbonyl (C=O) groups excluding carboxylic acids is 1. The Labute approximate surface area is 182 Å². The van der Waals surface area contributed by atoms with Crippen LogP contribution in [0.25, 0.3) is 11.1 Å². The number of hydrogen-bond donors (Lipinski definition) is 1. The first-order valence-electron chi connectivity index (χ1n) is 11.4. The molecule has 2 atom stereocenters. The van der Waals surface area contributed by atoms with E-state index in [9.17, 15) is 14.9 Å². The van der Waals surface area contributed by atoms with Crippen LogP contribution in [0.3, 0.4) is 0 Å². The molecule has 5 rings (SSSR count). The summed E-state index contributed by atoms with van der Waals surface area (Å²) in [7, 11) is 0. The number of rotatable bonds is 2. The van der Waals surface area contributed by atoms with Crippen LogP contribution in [0.1, 0.15) is 55.7 Å². The number of likely N-dealkylation sites (tertiary alicyclic amines) is 1. The van der Waals surface area contributed by atoms with E-state index in [0.717, 1.165) is 30.5 Å². The first-order valence-corrected chi connectivity index (χ1v) is 11.4. The summed E-state index contributed by atoms with van der Waals surface area (Å²) in [6.45, 7) is 2.01. The van der Waals surface area contributed by atoms with Crippen LogP contribution < -0.4 is 10.9 Å². The molecule has 0 radical (unpaired) electrons. The molecule has 160 valence electrons. The summed E-state index contributed by atoms with van der Waals surface area (Å²) in [5, 5.41) is 12.4. The zero-order valence-electron chi connectivity index (χ0n) is 17.7. The number of piperidine rings is 1. The van der Waals surface area contributed by atoms with Crippen LogP contribution in [-0.4, -0.2) is 34.6 Å². The molecule has 6 heteroatoms. The monoisotopic (exact) mass is 416 g/mol. The molecule has 1 saturated carbocycles. The van der Waals surface area contributed by atoms with Gasteiger partial charge in [-0.25, -0.2) is 4.79 Å². The third kappa shape index (κ3) is 3.85. The molecular formula is C25H28N4O2. The van der Waals surface area contributed by atoms with E-state index in [1.807, 2.05) is 33.7 Å². The number of hydrogen-bond acceptors (Lipinski definition) is 3. The second-order valence-electron chi connectivity index (χ2n) is 9.27. The fourth-order valence-electron chi connectivity index (χ4n) is 5.60. The van der Waals surface area contributed by atoms with Crippen LogP contribution in [0.15, 0.2) is 41.2 Å². The van der Waals surface area contributed by atoms with Crippen molar-refractivity contribution >= 4 is 6.03 Å². The summed E-state index contributed by atoms with van der Waals surface area (Å²) >= 11 is 0. The number of nitrogens with zero attached hydrogens (tertiary/aromatic N) is 3. The largest absolute Gasteiger partial charge is 0.335 e. The van der Waals surface area contributed by atoms with Crippen LogP contribution in [0.2, 0.25) is 0 Å². The average Bonchev–Trinajstić information content (AvgIpc) is 2.80. The molecule has 1 N–H and O–H groups in total. The molecule has 1 saturated heterocycles. The van der Waals surface area contributed by atoms with Gasteiger partial charge in [0.25, 0.3) is 5.56 Å². The first kappa shape index (κ1) is 19.9. The minimum absolute atomic E-state index is 0.00222. The topological polar surface area (TPSA) is 78.1 Å². The van der Waals surface area contributed by atoms with Gasteiger partial charge >= 0.3 is 6.03 Å². The van der Waals surface area contributed by atoms with E-state index in [2.05, 4.69) is 11.4 Å². The fourth-order valence-corrected chi connectivity index (χ4v) is 5.60. The molecule has 1 aromatic heterocycles. The highest BCUT2D eigenvalue weighted by molar-refractivity contribution is 5.75. The maximum Gasteiger partial charge on any atom is 0.317 e. The lowest BCUT2D eigenvalue weighted by Gasteiger charge is -2.43. The van der Waals surface area contributed by atoms with Gasteiger partial charge in [0.05, 0.1) is 11.6 Å². The van der Waals surface area contributed by atoms with E-state index < -0.39 is 0 Å². The van der Waals surface area contributed by atoms with Gasteiger partial charge in [0.2, 0.25) is 0 Å². The number of amides is 2. The Kier molecular flexibility index (Phi) is 5.27. The van der Waals surface area contributed by atoms with Crippen molar-refractivity contribution in [1.29, 1.82) is 5.26 Å². The predicted molar refractivity (Wildman–Crippen MR) is 119 cm³/mol. The highest BCUT2D eigenvalue weighted by atomic mass is 16.2. The summed E-state index contributed by atoms with van der Waals surface area (Å²) in [6, 6.07) is 13.6. The van der Waals surface area contributed by atoms with E-state index in [1.165, 1.54) is 19.3 Å². The molecule has 0 spiro atoms. The minimum atomic E-state index is 0.00222. The Bertz CT molecular complexity index is 1090. The molecule has 1 aliphatic carbocycles. The molecule has 2 aliphatic heterocycles. The number of nitriles is 1. The second-order valence-corrected chi connectivity index (χ2v) is 9.27. The van der Waals surface area contributed by atoms with E-state index in [4.69, 9.17) is 0 Å². The summed E-state index contributed by atoms with van der Waals surface area (Å²) in [5.74, 6) is 0.485. The van der Waals surface area contributed by atoms with E-state index in [1.54, 1.807) is 12.1 Å². The predicted octanol–water partition coefficient (Wildman–Crippen LogP) is 3.85. The molecule has 2 fully saturated rings. The number of pyridine rings is 1. The van der Waals surface area contributed by atoms with Crippen molar-refractivity contribution in [3.05, 3.63) is 58.0 Å². The summed E-state index contributed by atoms with van der Waals surface area (Å²) in [6.07, 6.45) is 6.86. The summed E-state index contributed by atoms with van der Waals surface area (Å²) < 4.78 is 1.91. The third-order valence-corrected chi connectivity index (χ3v) is 7.13. The van der Waals surface area contributed by atoms with Gasteiger partial charge in [0.1, 0.15) is 0 Å². The molecule has 31 heavy (non-hydrogen) atoms. The van der Waals surface area contributed by atoms with Crippen LogP contribution in [0.4, 0.5) is 4.79 Å². The van der Waals surface area contributed by atoms with Crippen molar-refractivity contribution in [2.45, 2.75) is 57.0 Å². The maximum absolute atomic E-state index is 13.3. The lowest BCUT2D eigenvalue weighted by molar-refractivity contribution is 0.127. The maximum atomic E-state index is 13.3. The smallest absolute Gasteiger partial charge is 0.317 e. The van der Waals surface area contributed by atoms with E-state index in [-0.39, 0.29) is 17.5 Å². The molecule has 3 heterocycles. The van der Waals surface area contributed by atoms with Gasteiger partial charge in [-0.15, -0.1) is 0 Å². The molecule has 6 nitrogen and oxygen atoms in total. The van der Waals surface area contributed by atoms with Gasteiger partial charge < -0.3 is 14.8 Å². The van der Waals surface area contributed by atoms with Crippen molar-refractivity contribution in [3.63, 3.8) is 0 Å². The van der Waals surface area contributed by atoms with Crippen LogP contribution in [-0.2, 0) is 6.54 Å². The number of fused-ring (bicyclic) bond motifs is 4. The normalized spacial score (nSPS) is 23.0. The van der Waals surface area contributed by atoms with Gasteiger partial charge in [-0.05, 0) is 55.0 Å². The SMILES string of the molecule is N#Cc1cccc(-c2ccc3n(c2=O)CC2CC3CN(C(=O)NC3CCCCC3)C2)c1. The standard InChI is InChI=1S/C25H28N4O2/c26-13-17-5-4-6-19(11-17)22-9-10-23-20-12-18(15-29(23)24(22)30)14-28(16-20)25(31)27-21-7-2-1-3-8-21/h4-6,9-11,18,20-21H,1-3,7-8,12,14-16H2,(H,27,31). The van der Waals surface area contributed by atoms with E-state index >= 15 is 0 Å².